The Morgan fingerprint density at radius 3 is 2.16 bits per heavy atom. The molecule has 0 bridgehead atoms. The highest BCUT2D eigenvalue weighted by Gasteiger charge is 2.26. The fourth-order valence-electron chi connectivity index (χ4n) is 3.96. The monoisotopic (exact) mass is 431 g/mol. The summed E-state index contributed by atoms with van der Waals surface area (Å²) in [6.45, 7) is 2.03. The van der Waals surface area contributed by atoms with Gasteiger partial charge >= 0.3 is 0 Å². The summed E-state index contributed by atoms with van der Waals surface area (Å²) in [6, 6.07) is 25.6. The van der Waals surface area contributed by atoms with Crippen LogP contribution in [0.2, 0.25) is 0 Å². The van der Waals surface area contributed by atoms with Gasteiger partial charge in [-0.3, -0.25) is 4.31 Å². The molecule has 3 aromatic carbocycles. The van der Waals surface area contributed by atoms with E-state index in [0.717, 1.165) is 37.2 Å². The van der Waals surface area contributed by atoms with Crippen LogP contribution in [0, 0.1) is 11.3 Å². The van der Waals surface area contributed by atoms with Crippen LogP contribution in [0.25, 0.3) is 0 Å². The third kappa shape index (κ3) is 4.57. The first kappa shape index (κ1) is 21.0. The predicted molar refractivity (Wildman–Crippen MR) is 123 cm³/mol. The number of sulfonamides is 1. The summed E-state index contributed by atoms with van der Waals surface area (Å²) in [6.07, 6.45) is 3.42. The van der Waals surface area contributed by atoms with Crippen molar-refractivity contribution in [3.63, 3.8) is 0 Å². The van der Waals surface area contributed by atoms with Crippen LogP contribution < -0.4 is 9.21 Å². The molecular formula is C25H25N3O2S. The number of anilines is 2. The molecule has 0 amide bonds. The van der Waals surface area contributed by atoms with Gasteiger partial charge in [0.15, 0.2) is 0 Å². The van der Waals surface area contributed by atoms with Crippen molar-refractivity contribution >= 4 is 21.4 Å². The molecule has 0 atom stereocenters. The molecule has 1 fully saturated rings. The maximum atomic E-state index is 13.6. The van der Waals surface area contributed by atoms with Gasteiger partial charge in [0.1, 0.15) is 6.07 Å². The Hall–Kier alpha value is -3.30. The first-order valence-corrected chi connectivity index (χ1v) is 11.9. The minimum Gasteiger partial charge on any atom is -0.370 e. The summed E-state index contributed by atoms with van der Waals surface area (Å²) in [5.41, 5.74) is 2.74. The molecule has 3 aromatic rings. The fraction of sp³-hybridized carbons (Fsp3) is 0.240. The molecule has 158 valence electrons. The normalized spacial score (nSPS) is 14.1. The molecule has 0 radical (unpaired) electrons. The molecule has 0 aromatic heterocycles. The van der Waals surface area contributed by atoms with Gasteiger partial charge in [-0.05, 0) is 55.2 Å². The number of hydrogen-bond acceptors (Lipinski definition) is 4. The average molecular weight is 432 g/mol. The highest BCUT2D eigenvalue weighted by Crippen LogP contribution is 2.32. The SMILES string of the molecule is N#Cc1cc(N(Cc2ccccc2)S(=O)(=O)c2ccccc2)ccc1N1CCCCC1. The standard InChI is InChI=1S/C25H25N3O2S/c26-19-22-18-23(14-15-25(22)27-16-8-3-9-17-27)28(20-21-10-4-1-5-11-21)31(29,30)24-12-6-2-7-13-24/h1-2,4-7,10-15,18H,3,8-9,16-17,20H2. The van der Waals surface area contributed by atoms with Gasteiger partial charge in [-0.1, -0.05) is 48.5 Å². The summed E-state index contributed by atoms with van der Waals surface area (Å²) < 4.78 is 28.5. The van der Waals surface area contributed by atoms with E-state index in [1.165, 1.54) is 10.7 Å². The lowest BCUT2D eigenvalue weighted by Crippen LogP contribution is -2.32. The zero-order valence-corrected chi connectivity index (χ0v) is 18.1. The maximum absolute atomic E-state index is 13.6. The molecule has 1 aliphatic heterocycles. The van der Waals surface area contributed by atoms with Crippen LogP contribution in [0.5, 0.6) is 0 Å². The van der Waals surface area contributed by atoms with Crippen LogP contribution >= 0.6 is 0 Å². The zero-order chi connectivity index (χ0) is 21.7. The second kappa shape index (κ2) is 9.23. The van der Waals surface area contributed by atoms with E-state index in [1.54, 1.807) is 36.4 Å². The van der Waals surface area contributed by atoms with Crippen molar-refractivity contribution in [1.29, 1.82) is 5.26 Å². The van der Waals surface area contributed by atoms with Crippen LogP contribution in [0.3, 0.4) is 0 Å². The first-order valence-electron chi connectivity index (χ1n) is 10.5. The van der Waals surface area contributed by atoms with Crippen LogP contribution in [-0.2, 0) is 16.6 Å². The summed E-state index contributed by atoms with van der Waals surface area (Å²) in [7, 11) is -3.80. The lowest BCUT2D eigenvalue weighted by molar-refractivity contribution is 0.577. The molecule has 0 N–H and O–H groups in total. The van der Waals surface area contributed by atoms with Gasteiger partial charge in [0, 0.05) is 13.1 Å². The molecule has 0 spiro atoms. The van der Waals surface area contributed by atoms with Gasteiger partial charge in [-0.25, -0.2) is 8.42 Å². The Morgan fingerprint density at radius 1 is 0.871 bits per heavy atom. The Balaban J connectivity index is 1.77. The summed E-state index contributed by atoms with van der Waals surface area (Å²) in [4.78, 5) is 2.45. The lowest BCUT2D eigenvalue weighted by atomic mass is 10.1. The average Bonchev–Trinajstić information content (AvgIpc) is 2.84. The van der Waals surface area contributed by atoms with Crippen molar-refractivity contribution < 1.29 is 8.42 Å². The quantitative estimate of drug-likeness (QED) is 0.554. The van der Waals surface area contributed by atoms with Crippen LogP contribution in [-0.4, -0.2) is 21.5 Å². The second-order valence-electron chi connectivity index (χ2n) is 7.67. The van der Waals surface area contributed by atoms with Gasteiger partial charge in [-0.2, -0.15) is 5.26 Å². The predicted octanol–water partition coefficient (Wildman–Crippen LogP) is 4.94. The number of benzene rings is 3. The van der Waals surface area contributed by atoms with E-state index in [4.69, 9.17) is 0 Å². The molecule has 0 aliphatic carbocycles. The fourth-order valence-corrected chi connectivity index (χ4v) is 5.43. The van der Waals surface area contributed by atoms with Crippen molar-refractivity contribution in [2.75, 3.05) is 22.3 Å². The van der Waals surface area contributed by atoms with E-state index in [-0.39, 0.29) is 11.4 Å². The third-order valence-corrected chi connectivity index (χ3v) is 7.37. The summed E-state index contributed by atoms with van der Waals surface area (Å²) in [5, 5.41) is 9.82. The second-order valence-corrected chi connectivity index (χ2v) is 9.53. The minimum atomic E-state index is -3.80. The van der Waals surface area contributed by atoms with Crippen LogP contribution in [0.15, 0.2) is 83.8 Å². The molecule has 1 heterocycles. The van der Waals surface area contributed by atoms with Gasteiger partial charge in [0.25, 0.3) is 10.0 Å². The maximum Gasteiger partial charge on any atom is 0.264 e. The van der Waals surface area contributed by atoms with E-state index in [2.05, 4.69) is 11.0 Å². The lowest BCUT2D eigenvalue weighted by Gasteiger charge is -2.31. The van der Waals surface area contributed by atoms with E-state index in [0.29, 0.717) is 11.3 Å². The Kier molecular flexibility index (Phi) is 6.24. The van der Waals surface area contributed by atoms with Gasteiger partial charge < -0.3 is 4.90 Å². The van der Waals surface area contributed by atoms with Crippen molar-refractivity contribution in [3.05, 3.63) is 90.0 Å². The molecule has 4 rings (SSSR count). The van der Waals surface area contributed by atoms with Gasteiger partial charge in [-0.15, -0.1) is 0 Å². The highest BCUT2D eigenvalue weighted by atomic mass is 32.2. The number of piperidine rings is 1. The van der Waals surface area contributed by atoms with E-state index in [9.17, 15) is 13.7 Å². The van der Waals surface area contributed by atoms with E-state index >= 15 is 0 Å². The minimum absolute atomic E-state index is 0.187. The van der Waals surface area contributed by atoms with Crippen LogP contribution in [0.4, 0.5) is 11.4 Å². The molecule has 1 saturated heterocycles. The van der Waals surface area contributed by atoms with Gasteiger partial charge in [0.05, 0.1) is 28.4 Å². The topological polar surface area (TPSA) is 64.4 Å². The molecule has 31 heavy (non-hydrogen) atoms. The zero-order valence-electron chi connectivity index (χ0n) is 17.3. The van der Waals surface area contributed by atoms with Crippen molar-refractivity contribution in [1.82, 2.24) is 0 Å². The molecule has 5 nitrogen and oxygen atoms in total. The van der Waals surface area contributed by atoms with Crippen molar-refractivity contribution in [2.24, 2.45) is 0 Å². The van der Waals surface area contributed by atoms with Crippen molar-refractivity contribution in [3.8, 4) is 6.07 Å². The number of nitriles is 1. The molecule has 0 saturated carbocycles. The third-order valence-electron chi connectivity index (χ3n) is 5.59. The Labute approximate surface area is 184 Å². The highest BCUT2D eigenvalue weighted by molar-refractivity contribution is 7.92. The Bertz CT molecular complexity index is 1170. The molecular weight excluding hydrogens is 406 g/mol. The van der Waals surface area contributed by atoms with E-state index in [1.807, 2.05) is 42.5 Å². The molecule has 1 aliphatic rings. The molecule has 6 heteroatoms. The summed E-state index contributed by atoms with van der Waals surface area (Å²) in [5.74, 6) is 0. The molecule has 0 unspecified atom stereocenters. The smallest absolute Gasteiger partial charge is 0.264 e. The largest absolute Gasteiger partial charge is 0.370 e. The number of rotatable bonds is 6. The van der Waals surface area contributed by atoms with E-state index < -0.39 is 10.0 Å². The first-order chi connectivity index (χ1) is 15.1. The number of nitrogens with zero attached hydrogens (tertiary/aromatic N) is 3. The van der Waals surface area contributed by atoms with Gasteiger partial charge in [0.2, 0.25) is 0 Å². The summed E-state index contributed by atoms with van der Waals surface area (Å²) >= 11 is 0. The Morgan fingerprint density at radius 2 is 1.52 bits per heavy atom. The van der Waals surface area contributed by atoms with Crippen LogP contribution in [0.1, 0.15) is 30.4 Å². The number of hydrogen-bond donors (Lipinski definition) is 0. The van der Waals surface area contributed by atoms with Crippen molar-refractivity contribution in [2.45, 2.75) is 30.7 Å².